The zero-order valence-corrected chi connectivity index (χ0v) is 8.59. The van der Waals surface area contributed by atoms with Crippen molar-refractivity contribution in [2.45, 2.75) is 31.8 Å². The molecule has 1 fully saturated rings. The molecule has 0 saturated heterocycles. The molecule has 0 aromatic rings. The molecule has 1 aliphatic rings. The van der Waals surface area contributed by atoms with Crippen LogP contribution in [0.25, 0.3) is 0 Å². The van der Waals surface area contributed by atoms with Crippen molar-refractivity contribution in [2.75, 3.05) is 26.7 Å². The third-order valence-corrected chi connectivity index (χ3v) is 2.92. The molecule has 0 radical (unpaired) electrons. The molecule has 0 heterocycles. The minimum atomic E-state index is 0.182. The smallest absolute Gasteiger partial charge is 0.0817 e. The van der Waals surface area contributed by atoms with E-state index in [0.29, 0.717) is 6.54 Å². The minimum Gasteiger partial charge on any atom is -0.379 e. The van der Waals surface area contributed by atoms with Crippen LogP contribution in [0.15, 0.2) is 0 Å². The van der Waals surface area contributed by atoms with Crippen molar-refractivity contribution in [1.82, 2.24) is 5.32 Å². The van der Waals surface area contributed by atoms with Gasteiger partial charge < -0.3 is 15.8 Å². The third kappa shape index (κ3) is 4.07. The molecule has 1 atom stereocenters. The van der Waals surface area contributed by atoms with E-state index < -0.39 is 0 Å². The molecule has 78 valence electrons. The van der Waals surface area contributed by atoms with Gasteiger partial charge in [-0.1, -0.05) is 19.3 Å². The first-order valence-corrected chi connectivity index (χ1v) is 5.30. The van der Waals surface area contributed by atoms with Crippen LogP contribution < -0.4 is 11.1 Å². The Morgan fingerprint density at radius 3 is 2.77 bits per heavy atom. The Bertz CT molecular complexity index is 122. The summed E-state index contributed by atoms with van der Waals surface area (Å²) in [6.07, 6.45) is 5.81. The fourth-order valence-corrected chi connectivity index (χ4v) is 1.61. The Morgan fingerprint density at radius 2 is 2.31 bits per heavy atom. The van der Waals surface area contributed by atoms with Crippen LogP contribution in [-0.4, -0.2) is 32.8 Å². The topological polar surface area (TPSA) is 47.3 Å². The van der Waals surface area contributed by atoms with E-state index in [2.05, 4.69) is 5.32 Å². The van der Waals surface area contributed by atoms with Crippen LogP contribution in [0.4, 0.5) is 0 Å². The number of methoxy groups -OCH3 is 1. The molecular weight excluding hydrogens is 164 g/mol. The summed E-state index contributed by atoms with van der Waals surface area (Å²) in [5, 5.41) is 3.38. The molecule has 1 rings (SSSR count). The summed E-state index contributed by atoms with van der Waals surface area (Å²) in [4.78, 5) is 0. The highest BCUT2D eigenvalue weighted by molar-refractivity contribution is 4.71. The second-order valence-corrected chi connectivity index (χ2v) is 3.88. The summed E-state index contributed by atoms with van der Waals surface area (Å²) in [6, 6.07) is 0. The highest BCUT2D eigenvalue weighted by Gasteiger charge is 2.16. The Morgan fingerprint density at radius 1 is 1.54 bits per heavy atom. The fourth-order valence-electron chi connectivity index (χ4n) is 1.61. The maximum absolute atomic E-state index is 5.50. The summed E-state index contributed by atoms with van der Waals surface area (Å²) >= 11 is 0. The van der Waals surface area contributed by atoms with Gasteiger partial charge in [0.1, 0.15) is 0 Å². The van der Waals surface area contributed by atoms with Crippen molar-refractivity contribution in [1.29, 1.82) is 0 Å². The van der Waals surface area contributed by atoms with Gasteiger partial charge >= 0.3 is 0 Å². The third-order valence-electron chi connectivity index (χ3n) is 2.92. The second-order valence-electron chi connectivity index (χ2n) is 3.88. The molecule has 0 spiro atoms. The quantitative estimate of drug-likeness (QED) is 0.577. The maximum Gasteiger partial charge on any atom is 0.0817 e. The lowest BCUT2D eigenvalue weighted by atomic mass is 9.83. The number of hydrogen-bond donors (Lipinski definition) is 2. The molecule has 13 heavy (non-hydrogen) atoms. The van der Waals surface area contributed by atoms with E-state index in [1.807, 2.05) is 0 Å². The molecule has 0 aromatic heterocycles. The van der Waals surface area contributed by atoms with Crippen LogP contribution in [0.3, 0.4) is 0 Å². The Labute approximate surface area is 81.0 Å². The van der Waals surface area contributed by atoms with Gasteiger partial charge in [-0.25, -0.2) is 0 Å². The van der Waals surface area contributed by atoms with Crippen molar-refractivity contribution >= 4 is 0 Å². The summed E-state index contributed by atoms with van der Waals surface area (Å²) in [7, 11) is 1.71. The summed E-state index contributed by atoms with van der Waals surface area (Å²) in [5.41, 5.74) is 5.50. The van der Waals surface area contributed by atoms with Gasteiger partial charge in [-0.2, -0.15) is 0 Å². The number of ether oxygens (including phenoxy) is 1. The first kappa shape index (κ1) is 11.0. The van der Waals surface area contributed by atoms with E-state index in [-0.39, 0.29) is 6.10 Å². The molecule has 3 N–H and O–H groups in total. The molecule has 1 aliphatic carbocycles. The Kier molecular flexibility index (Phi) is 5.35. The van der Waals surface area contributed by atoms with Crippen LogP contribution in [0.1, 0.15) is 25.7 Å². The lowest BCUT2D eigenvalue weighted by Gasteiger charge is -2.25. The zero-order valence-electron chi connectivity index (χ0n) is 8.59. The van der Waals surface area contributed by atoms with E-state index in [1.54, 1.807) is 7.11 Å². The minimum absolute atomic E-state index is 0.182. The van der Waals surface area contributed by atoms with Gasteiger partial charge in [0.2, 0.25) is 0 Å². The standard InChI is InChI=1S/C10H22N2O/c1-13-10(7-11)8-12-6-5-9-3-2-4-9/h9-10,12H,2-8,11H2,1H3. The van der Waals surface area contributed by atoms with Gasteiger partial charge in [0.25, 0.3) is 0 Å². The van der Waals surface area contributed by atoms with Crippen LogP contribution in [-0.2, 0) is 4.74 Å². The molecule has 3 heteroatoms. The number of rotatable bonds is 7. The van der Waals surface area contributed by atoms with Crippen LogP contribution >= 0.6 is 0 Å². The summed E-state index contributed by atoms with van der Waals surface area (Å²) in [6.45, 7) is 2.61. The van der Waals surface area contributed by atoms with E-state index in [0.717, 1.165) is 19.0 Å². The molecule has 0 aromatic carbocycles. The maximum atomic E-state index is 5.50. The van der Waals surface area contributed by atoms with Crippen molar-refractivity contribution in [2.24, 2.45) is 11.7 Å². The molecule has 0 aliphatic heterocycles. The van der Waals surface area contributed by atoms with Crippen LogP contribution in [0.2, 0.25) is 0 Å². The molecule has 0 amide bonds. The fraction of sp³-hybridized carbons (Fsp3) is 1.00. The van der Waals surface area contributed by atoms with E-state index in [4.69, 9.17) is 10.5 Å². The molecule has 1 saturated carbocycles. The van der Waals surface area contributed by atoms with Crippen molar-refractivity contribution < 1.29 is 4.74 Å². The molecule has 0 bridgehead atoms. The second kappa shape index (κ2) is 6.35. The Balaban J connectivity index is 1.87. The highest BCUT2D eigenvalue weighted by Crippen LogP contribution is 2.28. The number of hydrogen-bond acceptors (Lipinski definition) is 3. The normalized spacial score (nSPS) is 19.8. The van der Waals surface area contributed by atoms with Crippen LogP contribution in [0.5, 0.6) is 0 Å². The monoisotopic (exact) mass is 186 g/mol. The highest BCUT2D eigenvalue weighted by atomic mass is 16.5. The van der Waals surface area contributed by atoms with Gasteiger partial charge in [0.15, 0.2) is 0 Å². The average molecular weight is 186 g/mol. The predicted molar refractivity (Wildman–Crippen MR) is 54.7 cm³/mol. The first-order chi connectivity index (χ1) is 6.36. The van der Waals surface area contributed by atoms with Gasteiger partial charge in [-0.3, -0.25) is 0 Å². The summed E-state index contributed by atoms with van der Waals surface area (Å²) < 4.78 is 5.16. The van der Waals surface area contributed by atoms with Crippen molar-refractivity contribution in [3.63, 3.8) is 0 Å². The summed E-state index contributed by atoms with van der Waals surface area (Å²) in [5.74, 6) is 0.992. The van der Waals surface area contributed by atoms with E-state index in [9.17, 15) is 0 Å². The zero-order chi connectivity index (χ0) is 9.52. The Hall–Kier alpha value is -0.120. The lowest BCUT2D eigenvalue weighted by Crippen LogP contribution is -2.35. The van der Waals surface area contributed by atoms with E-state index in [1.165, 1.54) is 25.7 Å². The largest absolute Gasteiger partial charge is 0.379 e. The van der Waals surface area contributed by atoms with Crippen LogP contribution in [0, 0.1) is 5.92 Å². The van der Waals surface area contributed by atoms with Gasteiger partial charge in [0.05, 0.1) is 6.10 Å². The van der Waals surface area contributed by atoms with Gasteiger partial charge in [0, 0.05) is 20.2 Å². The molecular formula is C10H22N2O. The molecule has 3 nitrogen and oxygen atoms in total. The average Bonchev–Trinajstić information content (AvgIpc) is 2.08. The number of nitrogens with one attached hydrogen (secondary N) is 1. The van der Waals surface area contributed by atoms with E-state index >= 15 is 0 Å². The van der Waals surface area contributed by atoms with Gasteiger partial charge in [-0.15, -0.1) is 0 Å². The first-order valence-electron chi connectivity index (χ1n) is 5.30. The predicted octanol–water partition coefficient (Wildman–Crippen LogP) is 0.740. The van der Waals surface area contributed by atoms with Crippen molar-refractivity contribution in [3.8, 4) is 0 Å². The van der Waals surface area contributed by atoms with Gasteiger partial charge in [-0.05, 0) is 18.9 Å². The lowest BCUT2D eigenvalue weighted by molar-refractivity contribution is 0.108. The molecule has 1 unspecified atom stereocenters. The van der Waals surface area contributed by atoms with Crippen molar-refractivity contribution in [3.05, 3.63) is 0 Å². The number of nitrogens with two attached hydrogens (primary N) is 1. The SMILES string of the molecule is COC(CN)CNCCC1CCC1.